The molecule has 7 nitrogen and oxygen atoms in total. The van der Waals surface area contributed by atoms with Gasteiger partial charge in [-0.05, 0) is 44.4 Å². The van der Waals surface area contributed by atoms with E-state index in [1.54, 1.807) is 18.2 Å². The molecule has 1 saturated carbocycles. The van der Waals surface area contributed by atoms with E-state index in [0.29, 0.717) is 17.3 Å². The van der Waals surface area contributed by atoms with Gasteiger partial charge < -0.3 is 15.2 Å². The number of amides is 2. The van der Waals surface area contributed by atoms with E-state index in [9.17, 15) is 9.59 Å². The Morgan fingerprint density at radius 1 is 1.03 bits per heavy atom. The Kier molecular flexibility index (Phi) is 8.00. The summed E-state index contributed by atoms with van der Waals surface area (Å²) in [6, 6.07) is 17.1. The van der Waals surface area contributed by atoms with Gasteiger partial charge in [-0.2, -0.15) is 0 Å². The average molecular weight is 478 g/mol. The van der Waals surface area contributed by atoms with Crippen LogP contribution in [0.5, 0.6) is 0 Å². The molecular formula is C26H31N5O2S. The molecule has 0 bridgehead atoms. The van der Waals surface area contributed by atoms with Crippen molar-refractivity contribution in [1.82, 2.24) is 20.1 Å². The first-order valence-electron chi connectivity index (χ1n) is 11.8. The van der Waals surface area contributed by atoms with Crippen molar-refractivity contribution >= 4 is 29.3 Å². The summed E-state index contributed by atoms with van der Waals surface area (Å²) in [7, 11) is 0. The molecule has 1 atom stereocenters. The monoisotopic (exact) mass is 477 g/mol. The van der Waals surface area contributed by atoms with Gasteiger partial charge in [-0.25, -0.2) is 0 Å². The third-order valence-corrected chi connectivity index (χ3v) is 7.14. The lowest BCUT2D eigenvalue weighted by atomic mass is 9.95. The summed E-state index contributed by atoms with van der Waals surface area (Å²) in [6.07, 6.45) is 5.97. The van der Waals surface area contributed by atoms with Crippen LogP contribution in [0.3, 0.4) is 0 Å². The molecule has 4 rings (SSSR count). The SMILES string of the molecule is Cc1nnc(SCC(=O)Nc2ccccc2C(=O)NC(C)c2ccccc2)n1C1CCCCC1. The van der Waals surface area contributed by atoms with Gasteiger partial charge in [0.25, 0.3) is 5.91 Å². The van der Waals surface area contributed by atoms with Crippen LogP contribution < -0.4 is 10.6 Å². The summed E-state index contributed by atoms with van der Waals surface area (Å²) >= 11 is 1.39. The molecule has 0 radical (unpaired) electrons. The number of para-hydroxylation sites is 1. The quantitative estimate of drug-likeness (QED) is 0.429. The normalized spacial score (nSPS) is 15.0. The van der Waals surface area contributed by atoms with E-state index in [4.69, 9.17) is 0 Å². The standard InChI is InChI=1S/C26H31N5O2S/c1-18(20-11-5-3-6-12-20)27-25(33)22-15-9-10-16-23(22)28-24(32)17-34-26-30-29-19(2)31(26)21-13-7-4-8-14-21/h3,5-6,9-12,15-16,18,21H,4,7-8,13-14,17H2,1-2H3,(H,27,33)(H,28,32). The summed E-state index contributed by atoms with van der Waals surface area (Å²) in [6.45, 7) is 3.91. The molecule has 2 N–H and O–H groups in total. The number of aromatic nitrogens is 3. The first kappa shape index (κ1) is 24.0. The van der Waals surface area contributed by atoms with E-state index in [2.05, 4.69) is 25.4 Å². The van der Waals surface area contributed by atoms with Gasteiger partial charge in [0.05, 0.1) is 23.0 Å². The molecule has 0 spiro atoms. The molecule has 0 saturated heterocycles. The van der Waals surface area contributed by atoms with Gasteiger partial charge in [0.15, 0.2) is 5.16 Å². The van der Waals surface area contributed by atoms with Crippen LogP contribution in [0.25, 0.3) is 0 Å². The zero-order chi connectivity index (χ0) is 23.9. The molecule has 34 heavy (non-hydrogen) atoms. The van der Waals surface area contributed by atoms with Gasteiger partial charge in [-0.3, -0.25) is 9.59 Å². The minimum atomic E-state index is -0.229. The smallest absolute Gasteiger partial charge is 0.253 e. The predicted molar refractivity (Wildman–Crippen MR) is 135 cm³/mol. The van der Waals surface area contributed by atoms with Gasteiger partial charge in [-0.15, -0.1) is 10.2 Å². The highest BCUT2D eigenvalue weighted by Crippen LogP contribution is 2.32. The molecule has 3 aromatic rings. The number of benzene rings is 2. The summed E-state index contributed by atoms with van der Waals surface area (Å²) in [5, 5.41) is 15.3. The predicted octanol–water partition coefficient (Wildman–Crippen LogP) is 5.31. The molecule has 1 fully saturated rings. The summed E-state index contributed by atoms with van der Waals surface area (Å²) in [5.41, 5.74) is 1.95. The van der Waals surface area contributed by atoms with Crippen molar-refractivity contribution < 1.29 is 9.59 Å². The summed E-state index contributed by atoms with van der Waals surface area (Å²) < 4.78 is 2.18. The largest absolute Gasteiger partial charge is 0.345 e. The number of carbonyl (C=O) groups excluding carboxylic acids is 2. The first-order chi connectivity index (χ1) is 16.5. The highest BCUT2D eigenvalue weighted by molar-refractivity contribution is 7.99. The highest BCUT2D eigenvalue weighted by Gasteiger charge is 2.22. The van der Waals surface area contributed by atoms with Crippen LogP contribution in [-0.2, 0) is 4.79 Å². The van der Waals surface area contributed by atoms with Crippen LogP contribution in [0.2, 0.25) is 0 Å². The Morgan fingerprint density at radius 2 is 1.74 bits per heavy atom. The molecule has 8 heteroatoms. The fourth-order valence-corrected chi connectivity index (χ4v) is 5.27. The second-order valence-electron chi connectivity index (χ2n) is 8.68. The number of anilines is 1. The lowest BCUT2D eigenvalue weighted by Crippen LogP contribution is -2.28. The molecule has 1 aromatic heterocycles. The van der Waals surface area contributed by atoms with E-state index >= 15 is 0 Å². The fourth-order valence-electron chi connectivity index (χ4n) is 4.41. The Bertz CT molecular complexity index is 1130. The van der Waals surface area contributed by atoms with Crippen LogP contribution in [0.4, 0.5) is 5.69 Å². The van der Waals surface area contributed by atoms with E-state index < -0.39 is 0 Å². The van der Waals surface area contributed by atoms with E-state index in [1.165, 1.54) is 31.0 Å². The Labute approximate surface area is 204 Å². The molecule has 178 valence electrons. The van der Waals surface area contributed by atoms with Crippen molar-refractivity contribution in [1.29, 1.82) is 0 Å². The van der Waals surface area contributed by atoms with E-state index in [-0.39, 0.29) is 23.6 Å². The molecule has 2 aromatic carbocycles. The molecular weight excluding hydrogens is 446 g/mol. The van der Waals surface area contributed by atoms with Crippen LogP contribution in [0.15, 0.2) is 59.8 Å². The van der Waals surface area contributed by atoms with Crippen molar-refractivity contribution in [2.75, 3.05) is 11.1 Å². The summed E-state index contributed by atoms with van der Waals surface area (Å²) in [4.78, 5) is 25.7. The third-order valence-electron chi connectivity index (χ3n) is 6.20. The molecule has 0 aliphatic heterocycles. The number of aryl methyl sites for hydroxylation is 1. The van der Waals surface area contributed by atoms with E-state index in [0.717, 1.165) is 29.4 Å². The van der Waals surface area contributed by atoms with Crippen molar-refractivity contribution in [2.24, 2.45) is 0 Å². The van der Waals surface area contributed by atoms with Gasteiger partial charge in [0.2, 0.25) is 5.91 Å². The maximum Gasteiger partial charge on any atom is 0.253 e. The lowest BCUT2D eigenvalue weighted by molar-refractivity contribution is -0.113. The zero-order valence-electron chi connectivity index (χ0n) is 19.7. The van der Waals surface area contributed by atoms with Gasteiger partial charge in [-0.1, -0.05) is 73.5 Å². The number of rotatable bonds is 8. The van der Waals surface area contributed by atoms with Crippen LogP contribution in [-0.4, -0.2) is 32.3 Å². The minimum Gasteiger partial charge on any atom is -0.345 e. The lowest BCUT2D eigenvalue weighted by Gasteiger charge is -2.24. The molecule has 1 heterocycles. The van der Waals surface area contributed by atoms with Crippen LogP contribution in [0, 0.1) is 6.92 Å². The molecule has 1 unspecified atom stereocenters. The molecule has 1 aliphatic rings. The van der Waals surface area contributed by atoms with E-state index in [1.807, 2.05) is 50.2 Å². The summed E-state index contributed by atoms with van der Waals surface area (Å²) in [5.74, 6) is 0.676. The number of carbonyl (C=O) groups is 2. The number of hydrogen-bond donors (Lipinski definition) is 2. The molecule has 1 aliphatic carbocycles. The Morgan fingerprint density at radius 3 is 2.50 bits per heavy atom. The molecule has 2 amide bonds. The van der Waals surface area contributed by atoms with Crippen molar-refractivity contribution in [3.63, 3.8) is 0 Å². The van der Waals surface area contributed by atoms with Gasteiger partial charge in [0.1, 0.15) is 5.82 Å². The Balaban J connectivity index is 1.38. The highest BCUT2D eigenvalue weighted by atomic mass is 32.2. The van der Waals surface area contributed by atoms with Crippen molar-refractivity contribution in [2.45, 2.75) is 63.2 Å². The number of nitrogens with one attached hydrogen (secondary N) is 2. The first-order valence-corrected chi connectivity index (χ1v) is 12.8. The fraction of sp³-hybridized carbons (Fsp3) is 0.385. The number of thioether (sulfide) groups is 1. The topological polar surface area (TPSA) is 88.9 Å². The van der Waals surface area contributed by atoms with Crippen molar-refractivity contribution in [3.8, 4) is 0 Å². The van der Waals surface area contributed by atoms with Gasteiger partial charge >= 0.3 is 0 Å². The second kappa shape index (κ2) is 11.3. The second-order valence-corrected chi connectivity index (χ2v) is 9.62. The van der Waals surface area contributed by atoms with Crippen LogP contribution in [0.1, 0.15) is 72.9 Å². The minimum absolute atomic E-state index is 0.151. The Hall–Kier alpha value is -3.13. The third kappa shape index (κ3) is 5.86. The van der Waals surface area contributed by atoms with Gasteiger partial charge in [0, 0.05) is 6.04 Å². The number of nitrogens with zero attached hydrogens (tertiary/aromatic N) is 3. The maximum atomic E-state index is 12.9. The number of hydrogen-bond acceptors (Lipinski definition) is 5. The maximum absolute atomic E-state index is 12.9. The zero-order valence-corrected chi connectivity index (χ0v) is 20.5. The van der Waals surface area contributed by atoms with Crippen molar-refractivity contribution in [3.05, 3.63) is 71.5 Å². The van der Waals surface area contributed by atoms with Crippen LogP contribution >= 0.6 is 11.8 Å². The average Bonchev–Trinajstić information content (AvgIpc) is 3.24.